The predicted molar refractivity (Wildman–Crippen MR) is 98.9 cm³/mol. The van der Waals surface area contributed by atoms with E-state index in [4.69, 9.17) is 0 Å². The number of alkyl halides is 3. The van der Waals surface area contributed by atoms with Crippen LogP contribution < -0.4 is 10.2 Å². The number of benzene rings is 1. The number of nitrogens with one attached hydrogen (secondary N) is 1. The average Bonchev–Trinajstić information content (AvgIpc) is 3.17. The van der Waals surface area contributed by atoms with Crippen molar-refractivity contribution < 1.29 is 26.7 Å². The number of hydrogen-bond acceptors (Lipinski definition) is 5. The van der Waals surface area contributed by atoms with Crippen LogP contribution >= 0.6 is 0 Å². The van der Waals surface area contributed by atoms with E-state index < -0.39 is 23.6 Å². The van der Waals surface area contributed by atoms with Gasteiger partial charge in [-0.25, -0.2) is 8.78 Å². The quantitative estimate of drug-likeness (QED) is 0.632. The average molecular weight is 440 g/mol. The van der Waals surface area contributed by atoms with Crippen molar-refractivity contribution in [1.29, 1.82) is 0 Å². The number of fused-ring (bicyclic) bond motifs is 1. The molecule has 1 aliphatic heterocycles. The summed E-state index contributed by atoms with van der Waals surface area (Å²) in [5.74, 6) is -2.89. The molecular weight excluding hydrogens is 423 g/mol. The van der Waals surface area contributed by atoms with Crippen LogP contribution in [0.4, 0.5) is 27.8 Å². The molecule has 3 heterocycles. The second kappa shape index (κ2) is 8.08. The first-order chi connectivity index (χ1) is 14.7. The molecule has 3 aromatic rings. The molecule has 7 nitrogen and oxygen atoms in total. The minimum absolute atomic E-state index is 0.0154. The lowest BCUT2D eigenvalue weighted by Crippen LogP contribution is -2.41. The summed E-state index contributed by atoms with van der Waals surface area (Å²) in [4.78, 5) is 14.2. The molecule has 0 atom stereocenters. The maximum absolute atomic E-state index is 13.7. The third-order valence-corrected chi connectivity index (χ3v) is 5.16. The molecule has 164 valence electrons. The molecule has 31 heavy (non-hydrogen) atoms. The van der Waals surface area contributed by atoms with Crippen molar-refractivity contribution in [3.05, 3.63) is 53.4 Å². The van der Waals surface area contributed by atoms with Crippen LogP contribution in [0.15, 0.2) is 30.3 Å². The molecule has 0 bridgehead atoms. The van der Waals surface area contributed by atoms with Gasteiger partial charge in [-0.2, -0.15) is 17.7 Å². The van der Waals surface area contributed by atoms with Crippen LogP contribution in [-0.4, -0.2) is 38.8 Å². The molecule has 1 saturated heterocycles. The Bertz CT molecular complexity index is 1110. The van der Waals surface area contributed by atoms with Gasteiger partial charge in [-0.3, -0.25) is 4.79 Å². The van der Waals surface area contributed by atoms with E-state index in [1.165, 1.54) is 12.1 Å². The highest BCUT2D eigenvalue weighted by Crippen LogP contribution is 2.28. The molecule has 2 aromatic heterocycles. The van der Waals surface area contributed by atoms with Crippen molar-refractivity contribution in [2.45, 2.75) is 25.6 Å². The lowest BCUT2D eigenvalue weighted by Gasteiger charge is -2.32. The van der Waals surface area contributed by atoms with Crippen molar-refractivity contribution in [3.8, 4) is 0 Å². The van der Waals surface area contributed by atoms with Crippen molar-refractivity contribution in [2.24, 2.45) is 5.92 Å². The van der Waals surface area contributed by atoms with E-state index >= 15 is 0 Å². The van der Waals surface area contributed by atoms with Gasteiger partial charge < -0.3 is 10.2 Å². The third kappa shape index (κ3) is 4.42. The zero-order valence-corrected chi connectivity index (χ0v) is 16.0. The molecule has 0 radical (unpaired) electrons. The smallest absolute Gasteiger partial charge is 0.355 e. The number of nitrogens with zero attached hydrogens (tertiary/aromatic N) is 5. The minimum atomic E-state index is -4.68. The minimum Gasteiger partial charge on any atom is -0.355 e. The van der Waals surface area contributed by atoms with Gasteiger partial charge in [-0.15, -0.1) is 15.3 Å². The number of anilines is 1. The van der Waals surface area contributed by atoms with Gasteiger partial charge in [0.2, 0.25) is 5.91 Å². The Kier molecular flexibility index (Phi) is 5.46. The molecule has 4 rings (SSSR count). The van der Waals surface area contributed by atoms with E-state index in [0.717, 1.165) is 12.1 Å². The van der Waals surface area contributed by atoms with Gasteiger partial charge in [-0.1, -0.05) is 6.07 Å². The summed E-state index contributed by atoms with van der Waals surface area (Å²) < 4.78 is 66.4. The summed E-state index contributed by atoms with van der Waals surface area (Å²) in [5.41, 5.74) is 0.164. The molecular formula is C19H17F5N6O. The zero-order valence-electron chi connectivity index (χ0n) is 16.0. The number of rotatable bonds is 4. The Morgan fingerprint density at radius 1 is 1.10 bits per heavy atom. The molecule has 1 amide bonds. The van der Waals surface area contributed by atoms with Gasteiger partial charge in [0.05, 0.1) is 0 Å². The molecule has 12 heteroatoms. The number of piperidine rings is 1. The second-order valence-electron chi connectivity index (χ2n) is 7.20. The first-order valence-electron chi connectivity index (χ1n) is 9.48. The molecule has 0 saturated carbocycles. The summed E-state index contributed by atoms with van der Waals surface area (Å²) in [6, 6.07) is 6.11. The monoisotopic (exact) mass is 440 g/mol. The summed E-state index contributed by atoms with van der Waals surface area (Å²) >= 11 is 0. The third-order valence-electron chi connectivity index (χ3n) is 5.16. The Hall–Kier alpha value is -3.31. The van der Waals surface area contributed by atoms with E-state index in [9.17, 15) is 26.7 Å². The topological polar surface area (TPSA) is 75.4 Å². The van der Waals surface area contributed by atoms with E-state index in [0.29, 0.717) is 36.3 Å². The molecule has 0 unspecified atom stereocenters. The fourth-order valence-corrected chi connectivity index (χ4v) is 3.49. The van der Waals surface area contributed by atoms with Crippen molar-refractivity contribution in [3.63, 3.8) is 0 Å². The molecule has 0 spiro atoms. The van der Waals surface area contributed by atoms with Gasteiger partial charge in [0.25, 0.3) is 5.82 Å². The fraction of sp³-hybridized carbons (Fsp3) is 0.368. The Labute approximate surface area is 172 Å². The first-order valence-corrected chi connectivity index (χ1v) is 9.48. The fourth-order valence-electron chi connectivity index (χ4n) is 3.49. The molecule has 1 aromatic carbocycles. The van der Waals surface area contributed by atoms with Crippen LogP contribution in [0.2, 0.25) is 0 Å². The first kappa shape index (κ1) is 20.9. The van der Waals surface area contributed by atoms with Crippen LogP contribution in [0, 0.1) is 17.6 Å². The Balaban J connectivity index is 1.37. The summed E-state index contributed by atoms with van der Waals surface area (Å²) in [6.45, 7) is 0.757. The Morgan fingerprint density at radius 2 is 1.84 bits per heavy atom. The molecule has 1 fully saturated rings. The number of amides is 1. The van der Waals surface area contributed by atoms with E-state index in [1.807, 2.05) is 0 Å². The van der Waals surface area contributed by atoms with Crippen LogP contribution in [0.3, 0.4) is 0 Å². The maximum atomic E-state index is 13.7. The summed E-state index contributed by atoms with van der Waals surface area (Å²) in [5, 5.41) is 13.3. The number of hydrogen-bond donors (Lipinski definition) is 1. The lowest BCUT2D eigenvalue weighted by molar-refractivity contribution is -0.146. The molecule has 0 aliphatic carbocycles. The van der Waals surface area contributed by atoms with E-state index in [1.54, 1.807) is 11.0 Å². The molecule has 1 N–H and O–H groups in total. The predicted octanol–water partition coefficient (Wildman–Crippen LogP) is 2.95. The number of halogens is 5. The summed E-state index contributed by atoms with van der Waals surface area (Å²) in [6.07, 6.45) is -3.78. The number of carbonyl (C=O) groups excluding carboxylic acids is 1. The highest BCUT2D eigenvalue weighted by molar-refractivity contribution is 5.79. The van der Waals surface area contributed by atoms with Crippen LogP contribution in [0.1, 0.15) is 24.2 Å². The second-order valence-corrected chi connectivity index (χ2v) is 7.20. The normalized spacial score (nSPS) is 15.5. The van der Waals surface area contributed by atoms with Gasteiger partial charge in [0.1, 0.15) is 17.5 Å². The zero-order chi connectivity index (χ0) is 22.2. The van der Waals surface area contributed by atoms with E-state index in [2.05, 4.69) is 20.6 Å². The van der Waals surface area contributed by atoms with Gasteiger partial charge in [0.15, 0.2) is 5.65 Å². The van der Waals surface area contributed by atoms with Crippen molar-refractivity contribution in [1.82, 2.24) is 25.1 Å². The van der Waals surface area contributed by atoms with Crippen LogP contribution in [0.25, 0.3) is 5.65 Å². The largest absolute Gasteiger partial charge is 0.453 e. The Morgan fingerprint density at radius 3 is 2.52 bits per heavy atom. The highest BCUT2D eigenvalue weighted by Gasteiger charge is 2.38. The lowest BCUT2D eigenvalue weighted by atomic mass is 9.96. The van der Waals surface area contributed by atoms with Crippen molar-refractivity contribution in [2.75, 3.05) is 18.0 Å². The van der Waals surface area contributed by atoms with Crippen LogP contribution in [-0.2, 0) is 17.5 Å². The van der Waals surface area contributed by atoms with Crippen molar-refractivity contribution >= 4 is 17.4 Å². The van der Waals surface area contributed by atoms with E-state index in [-0.39, 0.29) is 29.6 Å². The highest BCUT2D eigenvalue weighted by atomic mass is 19.4. The SMILES string of the molecule is O=C(NCc1ccc(F)cc1F)C1CCN(c2ccc3nnc(C(F)(F)F)n3n2)CC1. The number of carbonyl (C=O) groups is 1. The van der Waals surface area contributed by atoms with Gasteiger partial charge in [0, 0.05) is 37.2 Å². The van der Waals surface area contributed by atoms with Gasteiger partial charge in [-0.05, 0) is 31.0 Å². The maximum Gasteiger partial charge on any atom is 0.453 e. The number of aromatic nitrogens is 4. The molecule has 1 aliphatic rings. The van der Waals surface area contributed by atoms with Crippen LogP contribution in [0.5, 0.6) is 0 Å². The summed E-state index contributed by atoms with van der Waals surface area (Å²) in [7, 11) is 0. The van der Waals surface area contributed by atoms with Gasteiger partial charge >= 0.3 is 6.18 Å². The standard InChI is InChI=1S/C19H17F5N6O/c20-13-2-1-12(14(21)9-13)10-25-17(31)11-5-7-29(8-6-11)16-4-3-15-26-27-18(19(22,23)24)30(15)28-16/h1-4,9,11H,5-8,10H2,(H,25,31).